The molecular weight excluding hydrogens is 464 g/mol. The molecule has 10 heteroatoms. The highest BCUT2D eigenvalue weighted by Gasteiger charge is 2.21. The van der Waals surface area contributed by atoms with Crippen LogP contribution in [-0.4, -0.2) is 39.2 Å². The summed E-state index contributed by atoms with van der Waals surface area (Å²) in [5.74, 6) is 0.859. The van der Waals surface area contributed by atoms with E-state index in [4.69, 9.17) is 35.0 Å². The van der Waals surface area contributed by atoms with Gasteiger partial charge in [-0.25, -0.2) is 0 Å². The molecule has 9 nitrogen and oxygen atoms in total. The summed E-state index contributed by atoms with van der Waals surface area (Å²) in [5.41, 5.74) is 1.13. The van der Waals surface area contributed by atoms with E-state index in [9.17, 15) is 9.59 Å². The Balaban J connectivity index is 1.57. The fraction of sp³-hybridized carbons (Fsp3) is 0.250. The van der Waals surface area contributed by atoms with Crippen molar-refractivity contribution in [2.45, 2.75) is 13.0 Å². The number of ether oxygens (including phenoxy) is 4. The van der Waals surface area contributed by atoms with Crippen molar-refractivity contribution in [3.05, 3.63) is 64.6 Å². The largest absolute Gasteiger partial charge is 0.493 e. The van der Waals surface area contributed by atoms with E-state index >= 15 is 0 Å². The van der Waals surface area contributed by atoms with Crippen molar-refractivity contribution in [1.82, 2.24) is 5.32 Å². The highest BCUT2D eigenvalue weighted by atomic mass is 35.5. The van der Waals surface area contributed by atoms with Gasteiger partial charge in [-0.2, -0.15) is 0 Å². The normalized spacial score (nSPS) is 12.4. The highest BCUT2D eigenvalue weighted by Crippen LogP contribution is 2.38. The lowest BCUT2D eigenvalue weighted by Gasteiger charge is -2.16. The van der Waals surface area contributed by atoms with Gasteiger partial charge in [0, 0.05) is 19.0 Å². The minimum absolute atomic E-state index is 0.1000. The van der Waals surface area contributed by atoms with Gasteiger partial charge in [-0.15, -0.1) is 0 Å². The molecule has 1 aromatic heterocycles. The number of benzene rings is 2. The molecule has 0 aliphatic carbocycles. The lowest BCUT2D eigenvalue weighted by Crippen LogP contribution is -2.25. The van der Waals surface area contributed by atoms with Gasteiger partial charge in [-0.1, -0.05) is 11.6 Å². The smallest absolute Gasteiger partial charge is 0.291 e. The van der Waals surface area contributed by atoms with E-state index in [0.29, 0.717) is 41.2 Å². The Kier molecular flexibility index (Phi) is 7.12. The predicted molar refractivity (Wildman–Crippen MR) is 124 cm³/mol. The van der Waals surface area contributed by atoms with E-state index in [1.54, 1.807) is 18.2 Å². The third kappa shape index (κ3) is 5.04. The number of carbonyl (C=O) groups is 2. The number of halogens is 1. The molecule has 0 atom stereocenters. The lowest BCUT2D eigenvalue weighted by atomic mass is 10.1. The maximum Gasteiger partial charge on any atom is 0.291 e. The molecule has 178 valence electrons. The predicted octanol–water partition coefficient (Wildman–Crippen LogP) is 4.29. The molecule has 4 rings (SSSR count). The lowest BCUT2D eigenvalue weighted by molar-refractivity contribution is 0.0951. The second-order valence-electron chi connectivity index (χ2n) is 7.32. The number of hydrogen-bond acceptors (Lipinski definition) is 7. The second kappa shape index (κ2) is 10.4. The van der Waals surface area contributed by atoms with E-state index in [0.717, 1.165) is 12.0 Å². The fourth-order valence-electron chi connectivity index (χ4n) is 3.43. The molecule has 0 bridgehead atoms. The average molecular weight is 487 g/mol. The number of fused-ring (bicyclic) bond motifs is 1. The molecule has 3 aromatic rings. The number of hydrogen-bond donors (Lipinski definition) is 2. The van der Waals surface area contributed by atoms with Crippen LogP contribution < -0.4 is 29.6 Å². The summed E-state index contributed by atoms with van der Waals surface area (Å²) in [4.78, 5) is 25.7. The van der Waals surface area contributed by atoms with Gasteiger partial charge in [-0.3, -0.25) is 9.59 Å². The Hall–Kier alpha value is -3.85. The van der Waals surface area contributed by atoms with Crippen molar-refractivity contribution < 1.29 is 33.0 Å². The van der Waals surface area contributed by atoms with E-state index < -0.39 is 11.8 Å². The standard InChI is InChI=1S/C24H23ClN2O7/c1-30-19-11-15(17(12-20(19)31-2)27-24(29)18-5-3-6-32-18)23(28)26-13-14-9-16(25)22-21(10-14)33-7-4-8-34-22/h3,5-6,9-12H,4,7-8,13H2,1-2H3,(H,26,28)(H,27,29). The van der Waals surface area contributed by atoms with Crippen molar-refractivity contribution in [1.29, 1.82) is 0 Å². The number of methoxy groups -OCH3 is 2. The second-order valence-corrected chi connectivity index (χ2v) is 7.73. The Morgan fingerprint density at radius 2 is 1.79 bits per heavy atom. The van der Waals surface area contributed by atoms with Crippen LogP contribution in [0.15, 0.2) is 47.1 Å². The summed E-state index contributed by atoms with van der Waals surface area (Å²) in [5, 5.41) is 5.93. The zero-order chi connectivity index (χ0) is 24.1. The SMILES string of the molecule is COc1cc(NC(=O)c2ccco2)c(C(=O)NCc2cc(Cl)c3c(c2)OCCCO3)cc1OC. The van der Waals surface area contributed by atoms with Gasteiger partial charge in [0.2, 0.25) is 0 Å². The summed E-state index contributed by atoms with van der Waals surface area (Å²) in [6.07, 6.45) is 2.14. The minimum atomic E-state index is -0.513. The molecule has 2 heterocycles. The summed E-state index contributed by atoms with van der Waals surface area (Å²) in [6.45, 7) is 1.20. The third-order valence-corrected chi connectivity index (χ3v) is 5.36. The van der Waals surface area contributed by atoms with Gasteiger partial charge in [0.15, 0.2) is 28.8 Å². The molecule has 2 N–H and O–H groups in total. The molecule has 0 unspecified atom stereocenters. The van der Waals surface area contributed by atoms with Gasteiger partial charge in [0.1, 0.15) is 0 Å². The van der Waals surface area contributed by atoms with Crippen LogP contribution in [0.3, 0.4) is 0 Å². The Bertz CT molecular complexity index is 1190. The minimum Gasteiger partial charge on any atom is -0.493 e. The Labute approximate surface area is 200 Å². The number of anilines is 1. The number of furan rings is 1. The first-order chi connectivity index (χ1) is 16.5. The van der Waals surface area contributed by atoms with Crippen molar-refractivity contribution in [2.75, 3.05) is 32.8 Å². The molecule has 0 spiro atoms. The highest BCUT2D eigenvalue weighted by molar-refractivity contribution is 6.32. The fourth-order valence-corrected chi connectivity index (χ4v) is 3.71. The molecule has 1 aliphatic heterocycles. The van der Waals surface area contributed by atoms with Gasteiger partial charge >= 0.3 is 0 Å². The van der Waals surface area contributed by atoms with Crippen LogP contribution in [0.4, 0.5) is 5.69 Å². The van der Waals surface area contributed by atoms with Gasteiger partial charge in [-0.05, 0) is 35.9 Å². The monoisotopic (exact) mass is 486 g/mol. The van der Waals surface area contributed by atoms with Crippen molar-refractivity contribution in [3.8, 4) is 23.0 Å². The number of amides is 2. The van der Waals surface area contributed by atoms with Crippen LogP contribution in [0, 0.1) is 0 Å². The van der Waals surface area contributed by atoms with E-state index in [1.807, 2.05) is 0 Å². The molecule has 0 radical (unpaired) electrons. The summed E-state index contributed by atoms with van der Waals surface area (Å²) in [6, 6.07) is 9.61. The van der Waals surface area contributed by atoms with E-state index in [-0.39, 0.29) is 23.6 Å². The number of carbonyl (C=O) groups excluding carboxylic acids is 2. The zero-order valence-electron chi connectivity index (χ0n) is 18.6. The molecular formula is C24H23ClN2O7. The third-order valence-electron chi connectivity index (χ3n) is 5.08. The molecule has 1 aliphatic rings. The first-order valence-corrected chi connectivity index (χ1v) is 10.8. The first kappa shape index (κ1) is 23.3. The molecule has 2 amide bonds. The summed E-state index contributed by atoms with van der Waals surface area (Å²) in [7, 11) is 2.92. The van der Waals surface area contributed by atoms with Crippen LogP contribution in [-0.2, 0) is 6.54 Å². The van der Waals surface area contributed by atoms with Crippen molar-refractivity contribution in [2.24, 2.45) is 0 Å². The number of rotatable bonds is 7. The molecule has 0 saturated heterocycles. The Morgan fingerprint density at radius 3 is 2.53 bits per heavy atom. The first-order valence-electron chi connectivity index (χ1n) is 10.5. The maximum atomic E-state index is 13.1. The number of nitrogens with one attached hydrogen (secondary N) is 2. The van der Waals surface area contributed by atoms with Crippen molar-refractivity contribution >= 4 is 29.1 Å². The van der Waals surface area contributed by atoms with Crippen LogP contribution in [0.25, 0.3) is 0 Å². The quantitative estimate of drug-likeness (QED) is 0.512. The van der Waals surface area contributed by atoms with Gasteiger partial charge in [0.05, 0.1) is 50.0 Å². The van der Waals surface area contributed by atoms with Crippen LogP contribution in [0.1, 0.15) is 32.9 Å². The summed E-state index contributed by atoms with van der Waals surface area (Å²) < 4.78 is 27.1. The van der Waals surface area contributed by atoms with Crippen LogP contribution in [0.5, 0.6) is 23.0 Å². The molecule has 2 aromatic carbocycles. The Morgan fingerprint density at radius 1 is 1.03 bits per heavy atom. The van der Waals surface area contributed by atoms with Gasteiger partial charge in [0.25, 0.3) is 11.8 Å². The average Bonchev–Trinajstić information content (AvgIpc) is 3.28. The van der Waals surface area contributed by atoms with E-state index in [2.05, 4.69) is 10.6 Å². The zero-order valence-corrected chi connectivity index (χ0v) is 19.4. The van der Waals surface area contributed by atoms with Crippen molar-refractivity contribution in [3.63, 3.8) is 0 Å². The maximum absolute atomic E-state index is 13.1. The van der Waals surface area contributed by atoms with Crippen LogP contribution >= 0.6 is 11.6 Å². The molecule has 0 saturated carbocycles. The van der Waals surface area contributed by atoms with E-state index in [1.165, 1.54) is 38.7 Å². The molecule has 0 fully saturated rings. The molecule has 34 heavy (non-hydrogen) atoms. The van der Waals surface area contributed by atoms with Crippen LogP contribution in [0.2, 0.25) is 5.02 Å². The topological polar surface area (TPSA) is 108 Å². The summed E-state index contributed by atoms with van der Waals surface area (Å²) >= 11 is 6.35. The van der Waals surface area contributed by atoms with Gasteiger partial charge < -0.3 is 34.0 Å².